The molecule has 1 aliphatic heterocycles. The summed E-state index contributed by atoms with van der Waals surface area (Å²) in [5, 5.41) is 23.4. The zero-order valence-electron chi connectivity index (χ0n) is 17.3. The summed E-state index contributed by atoms with van der Waals surface area (Å²) in [4.78, 5) is 15.3. The Balaban J connectivity index is 1.69. The summed E-state index contributed by atoms with van der Waals surface area (Å²) in [6.07, 6.45) is -3.15. The average molecular weight is 426 g/mol. The molecule has 0 bridgehead atoms. The van der Waals surface area contributed by atoms with Gasteiger partial charge in [-0.1, -0.05) is 18.2 Å². The molecule has 1 aliphatic carbocycles. The van der Waals surface area contributed by atoms with Crippen molar-refractivity contribution in [3.8, 4) is 0 Å². The molecular formula is C21H31FN2O6. The van der Waals surface area contributed by atoms with Crippen molar-refractivity contribution in [2.24, 2.45) is 0 Å². The van der Waals surface area contributed by atoms with E-state index in [4.69, 9.17) is 14.2 Å². The lowest BCUT2D eigenvalue weighted by Crippen LogP contribution is -2.61. The van der Waals surface area contributed by atoms with E-state index < -0.39 is 35.6 Å². The van der Waals surface area contributed by atoms with E-state index in [9.17, 15) is 19.4 Å². The topological polar surface area (TPSA) is 100 Å². The molecule has 3 N–H and O–H groups in total. The maximum Gasteiger partial charge on any atom is 0.252 e. The maximum absolute atomic E-state index is 14.0. The first kappa shape index (κ1) is 23.1. The van der Waals surface area contributed by atoms with Gasteiger partial charge in [0.15, 0.2) is 5.60 Å². The molecular weight excluding hydrogens is 395 g/mol. The fourth-order valence-electron chi connectivity index (χ4n) is 3.97. The molecule has 2 aliphatic rings. The number of carbonyl (C=O) groups is 1. The van der Waals surface area contributed by atoms with Gasteiger partial charge in [0.05, 0.1) is 32.0 Å². The lowest BCUT2D eigenvalue weighted by molar-refractivity contribution is -0.194. The standard InChI is InChI=1S/C21H31FN2O6/c1-28-18-13-21(12-17(25)19(18)26,30-14-15-4-2-3-5-16(15)22)20(27)23-6-7-24-8-10-29-11-9-24/h2-5,17-19,25-26H,6-14H2,1H3,(H,23,27)/t17-,18?,19-,21+/m1/s1. The van der Waals surface area contributed by atoms with E-state index in [0.29, 0.717) is 31.9 Å². The molecule has 1 aromatic rings. The number of aliphatic hydroxyl groups excluding tert-OH is 2. The van der Waals surface area contributed by atoms with Crippen LogP contribution in [0.4, 0.5) is 4.39 Å². The van der Waals surface area contributed by atoms with Gasteiger partial charge in [-0.25, -0.2) is 4.39 Å². The van der Waals surface area contributed by atoms with Gasteiger partial charge >= 0.3 is 0 Å². The second-order valence-electron chi connectivity index (χ2n) is 7.82. The molecule has 0 aromatic heterocycles. The van der Waals surface area contributed by atoms with Crippen LogP contribution < -0.4 is 5.32 Å². The Morgan fingerprint density at radius 2 is 2.03 bits per heavy atom. The van der Waals surface area contributed by atoms with Crippen LogP contribution in [0.15, 0.2) is 24.3 Å². The number of benzene rings is 1. The van der Waals surface area contributed by atoms with E-state index in [-0.39, 0.29) is 19.4 Å². The SMILES string of the molecule is COC1C[C@](OCc2ccccc2F)(C(=O)NCCN2CCOCC2)C[C@@H](O)[C@H]1O. The Bertz CT molecular complexity index is 702. The Hall–Kier alpha value is -1.62. The van der Waals surface area contributed by atoms with E-state index in [0.717, 1.165) is 13.1 Å². The number of hydrogen-bond donors (Lipinski definition) is 3. The Kier molecular flexibility index (Phi) is 8.15. The summed E-state index contributed by atoms with van der Waals surface area (Å²) >= 11 is 0. The normalized spacial score (nSPS) is 30.2. The van der Waals surface area contributed by atoms with Crippen LogP contribution in [0.3, 0.4) is 0 Å². The van der Waals surface area contributed by atoms with Crippen molar-refractivity contribution in [1.82, 2.24) is 10.2 Å². The average Bonchev–Trinajstić information content (AvgIpc) is 2.76. The number of nitrogens with one attached hydrogen (secondary N) is 1. The smallest absolute Gasteiger partial charge is 0.252 e. The third-order valence-corrected chi connectivity index (χ3v) is 5.84. The highest BCUT2D eigenvalue weighted by molar-refractivity contribution is 5.85. The van der Waals surface area contributed by atoms with Crippen molar-refractivity contribution < 1.29 is 33.6 Å². The summed E-state index contributed by atoms with van der Waals surface area (Å²) < 4.78 is 30.6. The zero-order valence-corrected chi connectivity index (χ0v) is 17.3. The van der Waals surface area contributed by atoms with E-state index >= 15 is 0 Å². The molecule has 1 saturated heterocycles. The minimum atomic E-state index is -1.44. The van der Waals surface area contributed by atoms with Crippen LogP contribution in [-0.2, 0) is 25.6 Å². The number of morpholine rings is 1. The van der Waals surface area contributed by atoms with Crippen molar-refractivity contribution in [3.63, 3.8) is 0 Å². The zero-order chi connectivity index (χ0) is 21.6. The van der Waals surface area contributed by atoms with E-state index in [1.54, 1.807) is 18.2 Å². The quantitative estimate of drug-likeness (QED) is 0.541. The third kappa shape index (κ3) is 5.54. The van der Waals surface area contributed by atoms with E-state index in [1.165, 1.54) is 13.2 Å². The molecule has 1 heterocycles. The van der Waals surface area contributed by atoms with Crippen molar-refractivity contribution >= 4 is 5.91 Å². The van der Waals surface area contributed by atoms with Crippen LogP contribution in [0.25, 0.3) is 0 Å². The number of halogens is 1. The lowest BCUT2D eigenvalue weighted by Gasteiger charge is -2.43. The molecule has 1 unspecified atom stereocenters. The first-order valence-corrected chi connectivity index (χ1v) is 10.3. The number of hydrogen-bond acceptors (Lipinski definition) is 7. The van der Waals surface area contributed by atoms with Crippen molar-refractivity contribution in [3.05, 3.63) is 35.6 Å². The van der Waals surface area contributed by atoms with Crippen LogP contribution in [0.2, 0.25) is 0 Å². The summed E-state index contributed by atoms with van der Waals surface area (Å²) in [6.45, 7) is 3.88. The van der Waals surface area contributed by atoms with Gasteiger partial charge in [0, 0.05) is 51.7 Å². The number of aliphatic hydroxyl groups is 2. The van der Waals surface area contributed by atoms with Gasteiger partial charge in [0.2, 0.25) is 0 Å². The minimum absolute atomic E-state index is 0.0551. The van der Waals surface area contributed by atoms with Gasteiger partial charge in [-0.3, -0.25) is 9.69 Å². The fraction of sp³-hybridized carbons (Fsp3) is 0.667. The number of nitrogens with zero attached hydrogens (tertiary/aromatic N) is 1. The van der Waals surface area contributed by atoms with Gasteiger partial charge in [-0.2, -0.15) is 0 Å². The lowest BCUT2D eigenvalue weighted by atomic mass is 9.78. The highest BCUT2D eigenvalue weighted by Gasteiger charge is 2.51. The third-order valence-electron chi connectivity index (χ3n) is 5.84. The van der Waals surface area contributed by atoms with Crippen molar-refractivity contribution in [2.75, 3.05) is 46.5 Å². The van der Waals surface area contributed by atoms with Crippen LogP contribution in [-0.4, -0.2) is 91.4 Å². The van der Waals surface area contributed by atoms with Gasteiger partial charge in [-0.15, -0.1) is 0 Å². The van der Waals surface area contributed by atoms with E-state index in [2.05, 4.69) is 10.2 Å². The van der Waals surface area contributed by atoms with Gasteiger partial charge in [0.25, 0.3) is 5.91 Å². The molecule has 2 fully saturated rings. The number of rotatable bonds is 8. The fourth-order valence-corrected chi connectivity index (χ4v) is 3.97. The predicted octanol–water partition coefficient (Wildman–Crippen LogP) is 0.0601. The van der Waals surface area contributed by atoms with E-state index in [1.807, 2.05) is 0 Å². The molecule has 9 heteroatoms. The number of ether oxygens (including phenoxy) is 3. The van der Waals surface area contributed by atoms with Crippen LogP contribution in [0, 0.1) is 5.82 Å². The monoisotopic (exact) mass is 426 g/mol. The van der Waals surface area contributed by atoms with Crippen LogP contribution in [0.5, 0.6) is 0 Å². The molecule has 3 rings (SSSR count). The molecule has 1 saturated carbocycles. The highest BCUT2D eigenvalue weighted by atomic mass is 19.1. The molecule has 0 radical (unpaired) electrons. The van der Waals surface area contributed by atoms with Crippen molar-refractivity contribution in [1.29, 1.82) is 0 Å². The first-order valence-electron chi connectivity index (χ1n) is 10.3. The maximum atomic E-state index is 14.0. The number of carbonyl (C=O) groups excluding carboxylic acids is 1. The minimum Gasteiger partial charge on any atom is -0.390 e. The van der Waals surface area contributed by atoms with Crippen LogP contribution >= 0.6 is 0 Å². The Morgan fingerprint density at radius 3 is 2.73 bits per heavy atom. The molecule has 0 spiro atoms. The Labute approximate surface area is 175 Å². The largest absolute Gasteiger partial charge is 0.390 e. The van der Waals surface area contributed by atoms with Gasteiger partial charge < -0.3 is 29.7 Å². The van der Waals surface area contributed by atoms with Gasteiger partial charge in [-0.05, 0) is 6.07 Å². The summed E-state index contributed by atoms with van der Waals surface area (Å²) in [6, 6.07) is 6.18. The molecule has 1 aromatic carbocycles. The molecule has 168 valence electrons. The molecule has 1 amide bonds. The van der Waals surface area contributed by atoms with Crippen molar-refractivity contribution in [2.45, 2.75) is 43.4 Å². The molecule has 30 heavy (non-hydrogen) atoms. The summed E-state index contributed by atoms with van der Waals surface area (Å²) in [5.74, 6) is -0.833. The number of methoxy groups -OCH3 is 1. The number of amides is 1. The summed E-state index contributed by atoms with van der Waals surface area (Å²) in [7, 11) is 1.41. The molecule has 8 nitrogen and oxygen atoms in total. The second kappa shape index (κ2) is 10.6. The van der Waals surface area contributed by atoms with Gasteiger partial charge in [0.1, 0.15) is 11.9 Å². The molecule has 4 atom stereocenters. The summed E-state index contributed by atoms with van der Waals surface area (Å²) in [5.41, 5.74) is -1.13. The van der Waals surface area contributed by atoms with Crippen LogP contribution in [0.1, 0.15) is 18.4 Å². The predicted molar refractivity (Wildman–Crippen MR) is 106 cm³/mol. The highest BCUT2D eigenvalue weighted by Crippen LogP contribution is 2.35. The Morgan fingerprint density at radius 1 is 1.30 bits per heavy atom. The first-order chi connectivity index (χ1) is 14.4. The second-order valence-corrected chi connectivity index (χ2v) is 7.82.